The van der Waals surface area contributed by atoms with Crippen LogP contribution < -0.4 is 9.60 Å². The number of thiazole rings is 2. The van der Waals surface area contributed by atoms with E-state index in [1.807, 2.05) is 14.1 Å². The molecule has 2 heterocycles. The molecule has 226 valence electrons. The van der Waals surface area contributed by atoms with Crippen LogP contribution in [0, 0.1) is 0 Å². The number of hydrogen-bond acceptors (Lipinski definition) is 8. The number of unbranched alkanes of at least 4 members (excludes halogenated alkanes) is 5. The Morgan fingerprint density at radius 3 is 1.36 bits per heavy atom. The highest BCUT2D eigenvalue weighted by molar-refractivity contribution is 7.91. The van der Waals surface area contributed by atoms with E-state index in [0.717, 1.165) is 59.0 Å². The van der Waals surface area contributed by atoms with E-state index < -0.39 is 19.7 Å². The number of amides is 2. The van der Waals surface area contributed by atoms with E-state index in [1.165, 1.54) is 35.2 Å². The lowest BCUT2D eigenvalue weighted by molar-refractivity contribution is -0.119. The molecule has 0 aliphatic heterocycles. The van der Waals surface area contributed by atoms with Gasteiger partial charge in [0.15, 0.2) is 29.3 Å². The Bertz CT molecular complexity index is 1870. The van der Waals surface area contributed by atoms with Crippen molar-refractivity contribution in [2.24, 2.45) is 24.1 Å². The second-order valence-corrected chi connectivity index (χ2v) is 16.4. The van der Waals surface area contributed by atoms with Crippen molar-refractivity contribution in [1.29, 1.82) is 0 Å². The van der Waals surface area contributed by atoms with Gasteiger partial charge in [-0.25, -0.2) is 16.8 Å². The zero-order valence-corrected chi connectivity index (χ0v) is 27.3. The molecule has 0 saturated carbocycles. The number of nitrogens with zero attached hydrogens (tertiary/aromatic N) is 4. The summed E-state index contributed by atoms with van der Waals surface area (Å²) >= 11 is 2.59. The molecular weight excluding hydrogens is 617 g/mol. The van der Waals surface area contributed by atoms with Crippen molar-refractivity contribution in [3.8, 4) is 0 Å². The monoisotopic (exact) mass is 650 g/mol. The van der Waals surface area contributed by atoms with Crippen LogP contribution in [-0.2, 0) is 43.4 Å². The highest BCUT2D eigenvalue weighted by atomic mass is 32.2. The Morgan fingerprint density at radius 2 is 1.00 bits per heavy atom. The van der Waals surface area contributed by atoms with Crippen LogP contribution in [-0.4, -0.2) is 50.3 Å². The summed E-state index contributed by atoms with van der Waals surface area (Å²) in [4.78, 5) is 34.9. The average molecular weight is 651 g/mol. The molecule has 14 heteroatoms. The zero-order chi connectivity index (χ0) is 30.7. The molecular formula is C28H34N4O6S4. The normalized spacial score (nSPS) is 13.4. The Balaban J connectivity index is 1.20. The van der Waals surface area contributed by atoms with Gasteiger partial charge in [0.1, 0.15) is 0 Å². The molecule has 0 N–H and O–H groups in total. The van der Waals surface area contributed by atoms with E-state index in [1.54, 1.807) is 45.5 Å². The number of benzene rings is 2. The summed E-state index contributed by atoms with van der Waals surface area (Å²) < 4.78 is 52.4. The van der Waals surface area contributed by atoms with E-state index >= 15 is 0 Å². The van der Waals surface area contributed by atoms with Crippen LogP contribution in [0.5, 0.6) is 0 Å². The van der Waals surface area contributed by atoms with Gasteiger partial charge in [-0.2, -0.15) is 9.98 Å². The van der Waals surface area contributed by atoms with Gasteiger partial charge in [0.25, 0.3) is 0 Å². The molecule has 42 heavy (non-hydrogen) atoms. The molecule has 2 amide bonds. The number of sulfone groups is 2. The maximum absolute atomic E-state index is 12.4. The molecule has 0 radical (unpaired) electrons. The quantitative estimate of drug-likeness (QED) is 0.222. The number of rotatable bonds is 11. The van der Waals surface area contributed by atoms with E-state index in [4.69, 9.17) is 0 Å². The molecule has 0 fully saturated rings. The number of carbonyl (C=O) groups excluding carboxylic acids is 2. The predicted molar refractivity (Wildman–Crippen MR) is 166 cm³/mol. The maximum Gasteiger partial charge on any atom is 0.248 e. The number of fused-ring (bicyclic) bond motifs is 2. The second kappa shape index (κ2) is 13.1. The topological polar surface area (TPSA) is 137 Å². The highest BCUT2D eigenvalue weighted by Crippen LogP contribution is 2.22. The van der Waals surface area contributed by atoms with Crippen LogP contribution in [0.1, 0.15) is 51.4 Å². The molecule has 0 bridgehead atoms. The first kappa shape index (κ1) is 32.0. The lowest BCUT2D eigenvalue weighted by Gasteiger charge is -2.00. The molecule has 2 aromatic heterocycles. The molecule has 0 aliphatic rings. The lowest BCUT2D eigenvalue weighted by atomic mass is 10.1. The fourth-order valence-corrected chi connectivity index (χ4v) is 8.08. The van der Waals surface area contributed by atoms with Gasteiger partial charge in [-0.1, -0.05) is 48.4 Å². The minimum Gasteiger partial charge on any atom is -0.319 e. The molecule has 0 unspecified atom stereocenters. The first-order valence-electron chi connectivity index (χ1n) is 13.5. The number of hydrogen-bond donors (Lipinski definition) is 0. The van der Waals surface area contributed by atoms with Crippen molar-refractivity contribution in [1.82, 2.24) is 9.13 Å². The average Bonchev–Trinajstić information content (AvgIpc) is 3.39. The third-order valence-electron chi connectivity index (χ3n) is 6.89. The fourth-order valence-electron chi connectivity index (χ4n) is 4.49. The first-order chi connectivity index (χ1) is 19.7. The summed E-state index contributed by atoms with van der Waals surface area (Å²) in [5.74, 6) is -0.399. The van der Waals surface area contributed by atoms with Gasteiger partial charge < -0.3 is 9.13 Å². The van der Waals surface area contributed by atoms with Gasteiger partial charge >= 0.3 is 0 Å². The summed E-state index contributed by atoms with van der Waals surface area (Å²) in [6, 6.07) is 9.81. The number of aromatic nitrogens is 2. The third-order valence-corrected chi connectivity index (χ3v) is 11.3. The smallest absolute Gasteiger partial charge is 0.248 e. The molecule has 2 aromatic carbocycles. The van der Waals surface area contributed by atoms with Crippen molar-refractivity contribution in [2.45, 2.75) is 61.2 Å². The Hall–Kier alpha value is -2.94. The lowest BCUT2D eigenvalue weighted by Crippen LogP contribution is -2.13. The highest BCUT2D eigenvalue weighted by Gasteiger charge is 2.13. The van der Waals surface area contributed by atoms with Crippen molar-refractivity contribution in [3.63, 3.8) is 0 Å². The molecule has 0 atom stereocenters. The maximum atomic E-state index is 12.4. The second-order valence-electron chi connectivity index (χ2n) is 10.3. The summed E-state index contributed by atoms with van der Waals surface area (Å²) in [7, 11) is -3.01. The van der Waals surface area contributed by atoms with E-state index in [9.17, 15) is 26.4 Å². The summed E-state index contributed by atoms with van der Waals surface area (Å²) in [6.07, 6.45) is 8.18. The van der Waals surface area contributed by atoms with Gasteiger partial charge in [-0.3, -0.25) is 9.59 Å². The van der Waals surface area contributed by atoms with Crippen molar-refractivity contribution >= 4 is 74.6 Å². The number of carbonyl (C=O) groups is 2. The van der Waals surface area contributed by atoms with Crippen LogP contribution in [0.3, 0.4) is 0 Å². The molecule has 10 nitrogen and oxygen atoms in total. The van der Waals surface area contributed by atoms with Crippen molar-refractivity contribution in [2.75, 3.05) is 12.5 Å². The summed E-state index contributed by atoms with van der Waals surface area (Å²) in [5.41, 5.74) is 1.65. The molecule has 0 spiro atoms. The van der Waals surface area contributed by atoms with Crippen LogP contribution >= 0.6 is 22.7 Å². The van der Waals surface area contributed by atoms with Gasteiger partial charge in [-0.15, -0.1) is 0 Å². The molecule has 4 aromatic rings. The van der Waals surface area contributed by atoms with Gasteiger partial charge in [0.2, 0.25) is 11.8 Å². The largest absolute Gasteiger partial charge is 0.319 e. The number of aryl methyl sites for hydroxylation is 2. The summed E-state index contributed by atoms with van der Waals surface area (Å²) in [6.45, 7) is 0. The van der Waals surface area contributed by atoms with E-state index in [2.05, 4.69) is 9.98 Å². The first-order valence-corrected chi connectivity index (χ1v) is 18.9. The SMILES string of the molecule is Cn1c(=NC(=O)CCCCCCCCC(=O)N=c2sc3cc(S(C)(=O)=O)ccc3n2C)sc2cc(S(C)(=O)=O)ccc21. The Kier molecular flexibility index (Phi) is 10.0. The molecule has 4 rings (SSSR count). The zero-order valence-electron chi connectivity index (χ0n) is 24.0. The van der Waals surface area contributed by atoms with Gasteiger partial charge in [0, 0.05) is 39.4 Å². The fraction of sp³-hybridized carbons (Fsp3) is 0.429. The standard InChI is InChI=1S/C28H34N4O6S4/c1-31-21-15-13-19(41(3,35)36)17-23(21)39-27(31)29-25(33)11-9-7-5-6-8-10-12-26(34)30-28-32(2)22-16-14-20(42(4,37)38)18-24(22)40-28/h13-18H,5-12H2,1-4H3. The van der Waals surface area contributed by atoms with Crippen LogP contribution in [0.2, 0.25) is 0 Å². The Morgan fingerprint density at radius 1 is 0.643 bits per heavy atom. The third kappa shape index (κ3) is 7.91. The van der Waals surface area contributed by atoms with Crippen LogP contribution in [0.25, 0.3) is 20.4 Å². The Labute approximate surface area is 252 Å². The minimum absolute atomic E-state index is 0.199. The minimum atomic E-state index is -3.31. The van der Waals surface area contributed by atoms with Crippen molar-refractivity contribution in [3.05, 3.63) is 46.0 Å². The van der Waals surface area contributed by atoms with E-state index in [0.29, 0.717) is 22.4 Å². The van der Waals surface area contributed by atoms with Gasteiger partial charge in [-0.05, 0) is 49.2 Å². The molecule has 0 saturated heterocycles. The van der Waals surface area contributed by atoms with Gasteiger partial charge in [0.05, 0.1) is 30.2 Å². The van der Waals surface area contributed by atoms with Crippen molar-refractivity contribution < 1.29 is 26.4 Å². The summed E-state index contributed by atoms with van der Waals surface area (Å²) in [5, 5.41) is 0. The van der Waals surface area contributed by atoms with Crippen LogP contribution in [0.4, 0.5) is 0 Å². The van der Waals surface area contributed by atoms with E-state index in [-0.39, 0.29) is 21.6 Å². The predicted octanol–water partition coefficient (Wildman–Crippen LogP) is 4.28. The molecule has 0 aliphatic carbocycles. The van der Waals surface area contributed by atoms with Crippen LogP contribution in [0.15, 0.2) is 56.2 Å².